The Hall–Kier alpha value is -3.67. The molecular weight excluding hydrogens is 758 g/mol. The van der Waals surface area contributed by atoms with Gasteiger partial charge in [0.05, 0.1) is 17.2 Å². The molecule has 4 aromatic rings. The number of rotatable bonds is 14. The zero-order valence-corrected chi connectivity index (χ0v) is 30.7. The van der Waals surface area contributed by atoms with Crippen LogP contribution in [0.2, 0.25) is 0 Å². The highest BCUT2D eigenvalue weighted by Gasteiger charge is 2.35. The van der Waals surface area contributed by atoms with E-state index >= 15 is 0 Å². The molecule has 1 aliphatic carbocycles. The Bertz CT molecular complexity index is 1760. The highest BCUT2D eigenvalue weighted by molar-refractivity contribution is 9.10. The number of ether oxygens (including phenoxy) is 1. The number of carbonyl (C=O) groups is 2. The van der Waals surface area contributed by atoms with Gasteiger partial charge in [-0.2, -0.15) is 0 Å². The molecule has 1 aliphatic rings. The van der Waals surface area contributed by atoms with Crippen LogP contribution in [0.5, 0.6) is 5.75 Å². The minimum absolute atomic E-state index is 0.0339. The van der Waals surface area contributed by atoms with Crippen molar-refractivity contribution in [2.75, 3.05) is 17.5 Å². The van der Waals surface area contributed by atoms with E-state index in [0.29, 0.717) is 18.0 Å². The van der Waals surface area contributed by atoms with Crippen LogP contribution in [0, 0.1) is 0 Å². The predicted molar refractivity (Wildman–Crippen MR) is 195 cm³/mol. The first-order valence-electron chi connectivity index (χ1n) is 16.0. The second-order valence-corrected chi connectivity index (χ2v) is 15.4. The lowest BCUT2D eigenvalue weighted by Crippen LogP contribution is -2.54. The number of hydrogen-bond acceptors (Lipinski definition) is 5. The second kappa shape index (κ2) is 16.6. The summed E-state index contributed by atoms with van der Waals surface area (Å²) in [6.45, 7) is 1.91. The monoisotopic (exact) mass is 795 g/mol. The minimum Gasteiger partial charge on any atom is -0.494 e. The van der Waals surface area contributed by atoms with Crippen molar-refractivity contribution in [2.24, 2.45) is 0 Å². The van der Waals surface area contributed by atoms with Crippen LogP contribution in [0.1, 0.15) is 43.7 Å². The Morgan fingerprint density at radius 3 is 2.04 bits per heavy atom. The first-order valence-corrected chi connectivity index (χ1v) is 19.1. The number of amides is 2. The maximum atomic E-state index is 14.7. The van der Waals surface area contributed by atoms with Crippen LogP contribution in [0.15, 0.2) is 117 Å². The third-order valence-electron chi connectivity index (χ3n) is 8.36. The lowest BCUT2D eigenvalue weighted by atomic mass is 10.0. The molecule has 0 bridgehead atoms. The van der Waals surface area contributed by atoms with Gasteiger partial charge in [0.25, 0.3) is 10.0 Å². The molecule has 0 aliphatic heterocycles. The molecule has 0 spiro atoms. The Labute approximate surface area is 299 Å². The molecule has 0 heterocycles. The summed E-state index contributed by atoms with van der Waals surface area (Å²) in [4.78, 5) is 30.4. The van der Waals surface area contributed by atoms with Crippen LogP contribution in [0.3, 0.4) is 0 Å². The van der Waals surface area contributed by atoms with Gasteiger partial charge >= 0.3 is 0 Å². The molecule has 4 aromatic carbocycles. The van der Waals surface area contributed by atoms with E-state index in [1.165, 1.54) is 17.0 Å². The lowest BCUT2D eigenvalue weighted by Gasteiger charge is -2.34. The van der Waals surface area contributed by atoms with Gasteiger partial charge in [0.1, 0.15) is 18.3 Å². The Morgan fingerprint density at radius 1 is 0.833 bits per heavy atom. The summed E-state index contributed by atoms with van der Waals surface area (Å²) < 4.78 is 36.8. The molecule has 252 valence electrons. The summed E-state index contributed by atoms with van der Waals surface area (Å²) in [6.07, 6.45) is 4.13. The maximum Gasteiger partial charge on any atom is 0.264 e. The molecule has 0 saturated heterocycles. The van der Waals surface area contributed by atoms with Gasteiger partial charge in [-0.25, -0.2) is 8.42 Å². The number of anilines is 1. The zero-order chi connectivity index (χ0) is 34.1. The fourth-order valence-corrected chi connectivity index (χ4v) is 7.79. The molecule has 0 radical (unpaired) electrons. The summed E-state index contributed by atoms with van der Waals surface area (Å²) in [5.41, 5.74) is 2.00. The van der Waals surface area contributed by atoms with E-state index in [9.17, 15) is 18.0 Å². The quantitative estimate of drug-likeness (QED) is 0.143. The second-order valence-electron chi connectivity index (χ2n) is 11.7. The number of hydrogen-bond donors (Lipinski definition) is 1. The van der Waals surface area contributed by atoms with Gasteiger partial charge in [-0.3, -0.25) is 13.9 Å². The SMILES string of the molecule is CCOc1ccc(N(CC(=O)N(Cc2ccc(Br)cc2)C(Cc2ccccc2)C(=O)NC2CCCC2)S(=O)(=O)c2ccc(Br)cc2)cc1. The van der Waals surface area contributed by atoms with Gasteiger partial charge in [-0.05, 0) is 91.6 Å². The van der Waals surface area contributed by atoms with E-state index in [2.05, 4.69) is 37.2 Å². The van der Waals surface area contributed by atoms with Crippen LogP contribution in [0.4, 0.5) is 5.69 Å². The van der Waals surface area contributed by atoms with Crippen LogP contribution >= 0.6 is 31.9 Å². The molecule has 0 aromatic heterocycles. The van der Waals surface area contributed by atoms with Gasteiger partial charge < -0.3 is 15.0 Å². The topological polar surface area (TPSA) is 96.0 Å². The standard InChI is InChI=1S/C37H39Br2N3O5S/c1-2-47-33-20-18-32(19-21-33)42(48(45,46)34-22-16-30(39)17-23-34)26-36(43)41(25-28-12-14-29(38)15-13-28)35(24-27-8-4-3-5-9-27)37(44)40-31-10-6-7-11-31/h3-5,8-9,12-23,31,35H,2,6-7,10-11,24-26H2,1H3,(H,40,44). The van der Waals surface area contributed by atoms with Gasteiger partial charge in [0.2, 0.25) is 11.8 Å². The van der Waals surface area contributed by atoms with Crippen molar-refractivity contribution in [3.05, 3.63) is 123 Å². The summed E-state index contributed by atoms with van der Waals surface area (Å²) in [5.74, 6) is -0.175. The van der Waals surface area contributed by atoms with E-state index in [1.807, 2.05) is 61.5 Å². The molecule has 5 rings (SSSR count). The van der Waals surface area contributed by atoms with Crippen molar-refractivity contribution >= 4 is 59.4 Å². The number of nitrogens with zero attached hydrogens (tertiary/aromatic N) is 2. The largest absolute Gasteiger partial charge is 0.494 e. The van der Waals surface area contributed by atoms with Crippen LogP contribution in [-0.2, 0) is 32.6 Å². The highest BCUT2D eigenvalue weighted by atomic mass is 79.9. The zero-order valence-electron chi connectivity index (χ0n) is 26.7. The van der Waals surface area contributed by atoms with Gasteiger partial charge in [0, 0.05) is 28.0 Å². The molecule has 8 nitrogen and oxygen atoms in total. The number of nitrogens with one attached hydrogen (secondary N) is 1. The van der Waals surface area contributed by atoms with E-state index in [1.54, 1.807) is 36.4 Å². The van der Waals surface area contributed by atoms with E-state index < -0.39 is 28.5 Å². The average molecular weight is 798 g/mol. The molecule has 2 amide bonds. The van der Waals surface area contributed by atoms with Crippen molar-refractivity contribution < 1.29 is 22.7 Å². The van der Waals surface area contributed by atoms with Crippen molar-refractivity contribution in [2.45, 2.75) is 62.6 Å². The molecule has 1 fully saturated rings. The Balaban J connectivity index is 1.56. The number of carbonyl (C=O) groups excluding carboxylic acids is 2. The molecule has 1 unspecified atom stereocenters. The van der Waals surface area contributed by atoms with Gasteiger partial charge in [0.15, 0.2) is 0 Å². The van der Waals surface area contributed by atoms with E-state index in [0.717, 1.165) is 50.1 Å². The number of sulfonamides is 1. The number of halogens is 2. The Morgan fingerprint density at radius 2 is 1.44 bits per heavy atom. The smallest absolute Gasteiger partial charge is 0.264 e. The fraction of sp³-hybridized carbons (Fsp3) is 0.297. The predicted octanol–water partition coefficient (Wildman–Crippen LogP) is 7.50. The van der Waals surface area contributed by atoms with Crippen molar-refractivity contribution in [1.82, 2.24) is 10.2 Å². The fourth-order valence-electron chi connectivity index (χ4n) is 5.85. The van der Waals surface area contributed by atoms with Crippen molar-refractivity contribution in [3.63, 3.8) is 0 Å². The van der Waals surface area contributed by atoms with E-state index in [-0.39, 0.29) is 29.8 Å². The molecule has 1 saturated carbocycles. The molecule has 1 atom stereocenters. The first kappa shape index (κ1) is 35.6. The van der Waals surface area contributed by atoms with Gasteiger partial charge in [-0.1, -0.05) is 87.2 Å². The lowest BCUT2D eigenvalue weighted by molar-refractivity contribution is -0.140. The summed E-state index contributed by atoms with van der Waals surface area (Å²) in [5, 5.41) is 3.20. The summed E-state index contributed by atoms with van der Waals surface area (Å²) in [7, 11) is -4.21. The van der Waals surface area contributed by atoms with Crippen molar-refractivity contribution in [3.8, 4) is 5.75 Å². The molecular formula is C37H39Br2N3O5S. The summed E-state index contributed by atoms with van der Waals surface area (Å²) >= 11 is 6.85. The summed E-state index contributed by atoms with van der Waals surface area (Å²) in [6, 6.07) is 29.2. The minimum atomic E-state index is -4.21. The number of benzene rings is 4. The average Bonchev–Trinajstić information content (AvgIpc) is 3.60. The van der Waals surface area contributed by atoms with Crippen molar-refractivity contribution in [1.29, 1.82) is 0 Å². The van der Waals surface area contributed by atoms with Crippen LogP contribution in [-0.4, -0.2) is 50.4 Å². The normalized spacial score (nSPS) is 13.9. The molecule has 48 heavy (non-hydrogen) atoms. The third-order valence-corrected chi connectivity index (χ3v) is 11.2. The van der Waals surface area contributed by atoms with Gasteiger partial charge in [-0.15, -0.1) is 0 Å². The molecule has 1 N–H and O–H groups in total. The maximum absolute atomic E-state index is 14.7. The van der Waals surface area contributed by atoms with E-state index in [4.69, 9.17) is 4.74 Å². The van der Waals surface area contributed by atoms with Crippen LogP contribution in [0.25, 0.3) is 0 Å². The highest BCUT2D eigenvalue weighted by Crippen LogP contribution is 2.28. The first-order chi connectivity index (χ1) is 23.1. The molecule has 11 heteroatoms. The third kappa shape index (κ3) is 9.27. The van der Waals surface area contributed by atoms with Crippen LogP contribution < -0.4 is 14.4 Å². The Kier molecular flexibility index (Phi) is 12.3.